The molecule has 186 valence electrons. The molecule has 0 aliphatic rings. The van der Waals surface area contributed by atoms with E-state index in [2.05, 4.69) is 31.4 Å². The van der Waals surface area contributed by atoms with Gasteiger partial charge < -0.3 is 9.47 Å². The summed E-state index contributed by atoms with van der Waals surface area (Å²) in [6.45, 7) is 17.4. The van der Waals surface area contributed by atoms with Gasteiger partial charge in [0.25, 0.3) is 0 Å². The maximum atomic E-state index is 12.6. The molecule has 0 aliphatic carbocycles. The maximum Gasteiger partial charge on any atom is 0.412 e. The van der Waals surface area contributed by atoms with Crippen LogP contribution in [0.5, 0.6) is 0 Å². The van der Waals surface area contributed by atoms with Crippen molar-refractivity contribution in [2.24, 2.45) is 0 Å². The molecule has 2 N–H and O–H groups in total. The normalized spacial score (nSPS) is 12.8. The number of carbonyl (C=O) groups excluding carboxylic acids is 2. The smallest absolute Gasteiger partial charge is 0.412 e. The highest BCUT2D eigenvalue weighted by atomic mass is 16.6. The molecule has 0 heterocycles. The molecule has 6 heteroatoms. The molecule has 0 saturated carbocycles. The van der Waals surface area contributed by atoms with E-state index < -0.39 is 23.4 Å². The summed E-state index contributed by atoms with van der Waals surface area (Å²) in [5, 5.41) is 5.80. The van der Waals surface area contributed by atoms with Gasteiger partial charge in [-0.05, 0) is 88.6 Å². The first-order chi connectivity index (χ1) is 15.6. The lowest BCUT2D eigenvalue weighted by Crippen LogP contribution is -2.28. The number of hydrogen-bond acceptors (Lipinski definition) is 4. The minimum Gasteiger partial charge on any atom is -0.444 e. The van der Waals surface area contributed by atoms with Gasteiger partial charge >= 0.3 is 12.2 Å². The summed E-state index contributed by atoms with van der Waals surface area (Å²) in [7, 11) is 0. The van der Waals surface area contributed by atoms with Crippen LogP contribution in [-0.4, -0.2) is 23.4 Å². The van der Waals surface area contributed by atoms with Crippen molar-refractivity contribution in [3.05, 3.63) is 59.2 Å². The van der Waals surface area contributed by atoms with E-state index in [1.54, 1.807) is 0 Å². The van der Waals surface area contributed by atoms with Gasteiger partial charge in [-0.25, -0.2) is 9.59 Å². The molecule has 0 spiro atoms. The number of para-hydroxylation sites is 1. The molecular formula is C28H40N2O4. The summed E-state index contributed by atoms with van der Waals surface area (Å²) in [5.41, 5.74) is 3.53. The van der Waals surface area contributed by atoms with Crippen molar-refractivity contribution in [2.75, 3.05) is 10.6 Å². The molecule has 2 aromatic rings. The molecule has 1 unspecified atom stereocenters. The van der Waals surface area contributed by atoms with E-state index in [9.17, 15) is 9.59 Å². The van der Waals surface area contributed by atoms with Gasteiger partial charge in [0.1, 0.15) is 11.2 Å². The number of rotatable bonds is 6. The van der Waals surface area contributed by atoms with Gasteiger partial charge in [0.15, 0.2) is 0 Å². The molecule has 0 radical (unpaired) electrons. The highest BCUT2D eigenvalue weighted by molar-refractivity contribution is 5.87. The van der Waals surface area contributed by atoms with E-state index in [0.717, 1.165) is 22.4 Å². The Hall–Kier alpha value is -3.02. The molecule has 2 rings (SSSR count). The third kappa shape index (κ3) is 8.73. The number of anilines is 2. The van der Waals surface area contributed by atoms with Crippen molar-refractivity contribution < 1.29 is 19.1 Å². The Balaban J connectivity index is 2.25. The van der Waals surface area contributed by atoms with Crippen molar-refractivity contribution in [1.82, 2.24) is 0 Å². The third-order valence-corrected chi connectivity index (χ3v) is 5.06. The number of benzene rings is 2. The molecule has 2 amide bonds. The summed E-state index contributed by atoms with van der Waals surface area (Å²) in [4.78, 5) is 24.7. The van der Waals surface area contributed by atoms with Gasteiger partial charge in [-0.2, -0.15) is 0 Å². The van der Waals surface area contributed by atoms with Crippen LogP contribution in [0.25, 0.3) is 0 Å². The number of nitrogens with one attached hydrogen (secondary N) is 2. The first-order valence-electron chi connectivity index (χ1n) is 11.9. The average molecular weight is 469 g/mol. The van der Waals surface area contributed by atoms with E-state index >= 15 is 0 Å². The molecule has 0 saturated heterocycles. The van der Waals surface area contributed by atoms with Crippen LogP contribution in [0.2, 0.25) is 0 Å². The quantitative estimate of drug-likeness (QED) is 0.452. The lowest BCUT2D eigenvalue weighted by Gasteiger charge is -2.24. The number of hydrogen-bond donors (Lipinski definition) is 2. The van der Waals surface area contributed by atoms with Crippen molar-refractivity contribution in [3.63, 3.8) is 0 Å². The van der Waals surface area contributed by atoms with Crippen LogP contribution in [-0.2, 0) is 15.9 Å². The molecule has 0 bridgehead atoms. The number of amides is 2. The summed E-state index contributed by atoms with van der Waals surface area (Å²) < 4.78 is 10.9. The Kier molecular flexibility index (Phi) is 8.76. The summed E-state index contributed by atoms with van der Waals surface area (Å²) in [5.74, 6) is 0.378. The number of ether oxygens (including phenoxy) is 2. The summed E-state index contributed by atoms with van der Waals surface area (Å²) in [6, 6.07) is 13.9. The van der Waals surface area contributed by atoms with E-state index in [-0.39, 0.29) is 11.8 Å². The third-order valence-electron chi connectivity index (χ3n) is 5.06. The maximum absolute atomic E-state index is 12.6. The zero-order valence-electron chi connectivity index (χ0n) is 22.0. The van der Waals surface area contributed by atoms with Gasteiger partial charge in [0.05, 0.1) is 5.69 Å². The predicted molar refractivity (Wildman–Crippen MR) is 139 cm³/mol. The second kappa shape index (κ2) is 10.9. The standard InChI is InChI=1S/C28H40N2O4/c1-18(2)23-15-11-13-21(24(23)30-26(32)34-28(7,8)9)16-19(3)20-12-10-14-22(17-20)29-25(31)33-27(4,5)6/h10-15,17-19H,16H2,1-9H3,(H,29,31)(H,30,32). The van der Waals surface area contributed by atoms with Gasteiger partial charge in [-0.15, -0.1) is 0 Å². The molecule has 1 atom stereocenters. The Labute approximate surface area is 204 Å². The second-order valence-electron chi connectivity index (χ2n) is 11.0. The molecule has 0 aromatic heterocycles. The van der Waals surface area contributed by atoms with Crippen LogP contribution in [0.3, 0.4) is 0 Å². The van der Waals surface area contributed by atoms with Gasteiger partial charge in [-0.1, -0.05) is 51.1 Å². The monoisotopic (exact) mass is 468 g/mol. The van der Waals surface area contributed by atoms with E-state index in [1.807, 2.05) is 84.0 Å². The van der Waals surface area contributed by atoms with E-state index in [1.165, 1.54) is 0 Å². The fraction of sp³-hybridized carbons (Fsp3) is 0.500. The lowest BCUT2D eigenvalue weighted by atomic mass is 9.89. The van der Waals surface area contributed by atoms with Crippen molar-refractivity contribution in [2.45, 2.75) is 91.8 Å². The molecule has 6 nitrogen and oxygen atoms in total. The zero-order valence-corrected chi connectivity index (χ0v) is 22.0. The molecular weight excluding hydrogens is 428 g/mol. The fourth-order valence-corrected chi connectivity index (χ4v) is 3.62. The largest absolute Gasteiger partial charge is 0.444 e. The Morgan fingerprint density at radius 2 is 1.38 bits per heavy atom. The van der Waals surface area contributed by atoms with Crippen molar-refractivity contribution >= 4 is 23.6 Å². The first kappa shape index (κ1) is 27.2. The van der Waals surface area contributed by atoms with Gasteiger partial charge in [0, 0.05) is 5.69 Å². The molecule has 0 aliphatic heterocycles. The topological polar surface area (TPSA) is 76.7 Å². The molecule has 2 aromatic carbocycles. The van der Waals surface area contributed by atoms with Crippen molar-refractivity contribution in [1.29, 1.82) is 0 Å². The van der Waals surface area contributed by atoms with Crippen LogP contribution >= 0.6 is 0 Å². The Morgan fingerprint density at radius 1 is 0.824 bits per heavy atom. The van der Waals surface area contributed by atoms with Gasteiger partial charge in [-0.3, -0.25) is 10.6 Å². The summed E-state index contributed by atoms with van der Waals surface area (Å²) >= 11 is 0. The predicted octanol–water partition coefficient (Wildman–Crippen LogP) is 7.85. The van der Waals surface area contributed by atoms with Crippen LogP contribution in [0.1, 0.15) is 90.8 Å². The SMILES string of the molecule is CC(C)c1cccc(CC(C)c2cccc(NC(=O)OC(C)(C)C)c2)c1NC(=O)OC(C)(C)C. The van der Waals surface area contributed by atoms with E-state index in [0.29, 0.717) is 12.1 Å². The van der Waals surface area contributed by atoms with Gasteiger partial charge in [0.2, 0.25) is 0 Å². The number of carbonyl (C=O) groups is 2. The van der Waals surface area contributed by atoms with Crippen LogP contribution in [0.4, 0.5) is 21.0 Å². The first-order valence-corrected chi connectivity index (χ1v) is 11.9. The van der Waals surface area contributed by atoms with Crippen LogP contribution in [0, 0.1) is 0 Å². The second-order valence-corrected chi connectivity index (χ2v) is 11.0. The fourth-order valence-electron chi connectivity index (χ4n) is 3.62. The minimum atomic E-state index is -0.577. The Morgan fingerprint density at radius 3 is 1.94 bits per heavy atom. The minimum absolute atomic E-state index is 0.141. The van der Waals surface area contributed by atoms with Crippen LogP contribution in [0.15, 0.2) is 42.5 Å². The van der Waals surface area contributed by atoms with Crippen LogP contribution < -0.4 is 10.6 Å². The summed E-state index contributed by atoms with van der Waals surface area (Å²) in [6.07, 6.45) is -0.231. The zero-order chi connectivity index (χ0) is 25.7. The Bertz CT molecular complexity index is 1000. The average Bonchev–Trinajstić information content (AvgIpc) is 2.66. The highest BCUT2D eigenvalue weighted by Crippen LogP contribution is 2.32. The molecule has 0 fully saturated rings. The molecule has 34 heavy (non-hydrogen) atoms. The van der Waals surface area contributed by atoms with Crippen molar-refractivity contribution in [3.8, 4) is 0 Å². The highest BCUT2D eigenvalue weighted by Gasteiger charge is 2.21. The lowest BCUT2D eigenvalue weighted by molar-refractivity contribution is 0.0624. The van der Waals surface area contributed by atoms with E-state index in [4.69, 9.17) is 9.47 Å².